The predicted molar refractivity (Wildman–Crippen MR) is 153 cm³/mol. The first-order chi connectivity index (χ1) is 20.0. The number of nitrogens with zero attached hydrogens (tertiary/aromatic N) is 3. The average molecular weight is 622 g/mol. The Morgan fingerprint density at radius 1 is 1.02 bits per heavy atom. The molecule has 0 atom stereocenters. The third-order valence-corrected chi connectivity index (χ3v) is 7.55. The zero-order valence-electron chi connectivity index (χ0n) is 23.2. The lowest BCUT2D eigenvalue weighted by atomic mass is 10.0. The lowest BCUT2D eigenvalue weighted by Gasteiger charge is -2.26. The number of rotatable bonds is 9. The van der Waals surface area contributed by atoms with E-state index in [1.807, 2.05) is 0 Å². The molecular formula is C29H28F5N5O3S. The smallest absolute Gasteiger partial charge is 0.406 e. The second kappa shape index (κ2) is 11.7. The number of aromatic nitrogens is 2. The summed E-state index contributed by atoms with van der Waals surface area (Å²) in [7, 11) is -3.52. The first-order valence-corrected chi connectivity index (χ1v) is 14.7. The molecule has 0 spiro atoms. The van der Waals surface area contributed by atoms with E-state index in [1.54, 1.807) is 37.3 Å². The van der Waals surface area contributed by atoms with E-state index < -0.39 is 33.6 Å². The highest BCUT2D eigenvalue weighted by atomic mass is 32.2. The van der Waals surface area contributed by atoms with Crippen LogP contribution in [-0.4, -0.2) is 30.6 Å². The number of ether oxygens (including phenoxy) is 1. The van der Waals surface area contributed by atoms with Gasteiger partial charge in [-0.3, -0.25) is 5.01 Å². The van der Waals surface area contributed by atoms with E-state index in [9.17, 15) is 30.4 Å². The van der Waals surface area contributed by atoms with Crippen LogP contribution < -0.4 is 21.3 Å². The van der Waals surface area contributed by atoms with Crippen LogP contribution >= 0.6 is 0 Å². The molecule has 0 aliphatic carbocycles. The van der Waals surface area contributed by atoms with Gasteiger partial charge in [-0.25, -0.2) is 19.2 Å². The number of anilines is 1. The quantitative estimate of drug-likeness (QED) is 0.131. The molecule has 0 aliphatic heterocycles. The molecule has 0 unspecified atom stereocenters. The van der Waals surface area contributed by atoms with Crippen molar-refractivity contribution in [2.75, 3.05) is 11.3 Å². The summed E-state index contributed by atoms with van der Waals surface area (Å²) in [5.74, 6) is 3.21. The Kier molecular flexibility index (Phi) is 8.56. The van der Waals surface area contributed by atoms with Gasteiger partial charge in [-0.15, -0.1) is 13.2 Å². The average Bonchev–Trinajstić information content (AvgIpc) is 3.38. The Labute approximate surface area is 244 Å². The molecule has 14 heteroatoms. The minimum atomic E-state index is -4.88. The normalized spacial score (nSPS) is 12.8. The Morgan fingerprint density at radius 2 is 1.67 bits per heavy atom. The summed E-state index contributed by atoms with van der Waals surface area (Å²) in [6, 6.07) is 15.9. The van der Waals surface area contributed by atoms with Gasteiger partial charge in [0, 0.05) is 37.6 Å². The second-order valence-electron chi connectivity index (χ2n) is 9.65. The number of aryl methyl sites for hydroxylation is 1. The van der Waals surface area contributed by atoms with Crippen LogP contribution in [0.1, 0.15) is 30.9 Å². The highest BCUT2D eigenvalue weighted by Crippen LogP contribution is 2.36. The molecule has 8 nitrogen and oxygen atoms in total. The van der Waals surface area contributed by atoms with E-state index in [2.05, 4.69) is 9.72 Å². The molecule has 4 N–H and O–H groups in total. The van der Waals surface area contributed by atoms with Gasteiger partial charge < -0.3 is 15.0 Å². The molecule has 0 aliphatic rings. The van der Waals surface area contributed by atoms with Crippen LogP contribution in [-0.2, 0) is 22.2 Å². The van der Waals surface area contributed by atoms with Crippen LogP contribution in [0.25, 0.3) is 22.5 Å². The zero-order chi connectivity index (χ0) is 31.7. The Hall–Kier alpha value is -4.43. The van der Waals surface area contributed by atoms with E-state index in [4.69, 9.17) is 11.6 Å². The van der Waals surface area contributed by atoms with Crippen LogP contribution in [0, 0.1) is 0 Å². The largest absolute Gasteiger partial charge is 0.573 e. The molecule has 4 aromatic rings. The van der Waals surface area contributed by atoms with E-state index in [-0.39, 0.29) is 16.3 Å². The van der Waals surface area contributed by atoms with Crippen molar-refractivity contribution in [1.29, 1.82) is 0 Å². The number of nitrogens with two attached hydrogens (primary N) is 2. The first kappa shape index (κ1) is 31.5. The second-order valence-corrected chi connectivity index (χ2v) is 11.7. The van der Waals surface area contributed by atoms with Crippen molar-refractivity contribution in [2.45, 2.75) is 37.4 Å². The van der Waals surface area contributed by atoms with Crippen molar-refractivity contribution in [3.63, 3.8) is 0 Å². The van der Waals surface area contributed by atoms with E-state index in [0.29, 0.717) is 34.6 Å². The summed E-state index contributed by atoms with van der Waals surface area (Å²) in [5.41, 5.74) is 7.57. The standard InChI is InChI=1S/C29H28F5N5O3S/c1-4-27-37-26(28(2,30)31)17-38(27)23-13-10-20(19-6-5-7-22(14-19)43(3,40)41)15-24(23)39(36)25(16-35)18-8-11-21(12-9-18)42-29(32,33)34/h5-17H,4,35-36H2,1-3H3/b25-16-. The number of alkyl halides is 5. The van der Waals surface area contributed by atoms with E-state index in [1.165, 1.54) is 35.0 Å². The van der Waals surface area contributed by atoms with E-state index in [0.717, 1.165) is 36.5 Å². The lowest BCUT2D eigenvalue weighted by Crippen LogP contribution is -2.31. The molecule has 3 aromatic carbocycles. The fourth-order valence-corrected chi connectivity index (χ4v) is 5.03. The summed E-state index contributed by atoms with van der Waals surface area (Å²) >= 11 is 0. The Balaban J connectivity index is 1.89. The Bertz CT molecular complexity index is 1760. The number of hydrogen-bond donors (Lipinski definition) is 2. The fraction of sp³-hybridized carbons (Fsp3) is 0.207. The summed E-state index contributed by atoms with van der Waals surface area (Å²) in [4.78, 5) is 4.18. The highest BCUT2D eigenvalue weighted by Gasteiger charge is 2.31. The maximum absolute atomic E-state index is 14.3. The molecule has 0 saturated heterocycles. The Morgan fingerprint density at radius 3 is 2.23 bits per heavy atom. The third-order valence-electron chi connectivity index (χ3n) is 6.44. The minimum absolute atomic E-state index is 0.0848. The lowest BCUT2D eigenvalue weighted by molar-refractivity contribution is -0.274. The number of hydrogen-bond acceptors (Lipinski definition) is 7. The van der Waals surface area contributed by atoms with Crippen molar-refractivity contribution in [1.82, 2.24) is 9.55 Å². The van der Waals surface area contributed by atoms with Gasteiger partial charge in [-0.05, 0) is 59.7 Å². The van der Waals surface area contributed by atoms with Gasteiger partial charge in [0.1, 0.15) is 17.3 Å². The molecule has 228 valence electrons. The van der Waals surface area contributed by atoms with Crippen LogP contribution in [0.5, 0.6) is 5.75 Å². The number of halogens is 5. The summed E-state index contributed by atoms with van der Waals surface area (Å²) in [6.07, 6.45) is -1.17. The third kappa shape index (κ3) is 7.14. The van der Waals surface area contributed by atoms with Crippen molar-refractivity contribution in [3.8, 4) is 22.6 Å². The van der Waals surface area contributed by atoms with Gasteiger partial charge in [0.25, 0.3) is 5.92 Å². The molecule has 43 heavy (non-hydrogen) atoms. The molecule has 0 bridgehead atoms. The monoisotopic (exact) mass is 621 g/mol. The molecule has 4 rings (SSSR count). The van der Waals surface area contributed by atoms with Crippen LogP contribution in [0.4, 0.5) is 27.6 Å². The van der Waals surface area contributed by atoms with Gasteiger partial charge in [0.2, 0.25) is 0 Å². The fourth-order valence-electron chi connectivity index (χ4n) is 4.37. The first-order valence-electron chi connectivity index (χ1n) is 12.8. The zero-order valence-corrected chi connectivity index (χ0v) is 24.0. The highest BCUT2D eigenvalue weighted by molar-refractivity contribution is 7.90. The van der Waals surface area contributed by atoms with E-state index >= 15 is 0 Å². The van der Waals surface area contributed by atoms with Crippen molar-refractivity contribution in [3.05, 3.63) is 96.2 Å². The molecule has 1 aromatic heterocycles. The SMILES string of the molecule is CCc1nc(C(C)(F)F)cn1-c1ccc(-c2cccc(S(C)(=O)=O)c2)cc1N(N)/C(=C\N)c1ccc(OC(F)(F)F)cc1. The van der Waals surface area contributed by atoms with Gasteiger partial charge in [-0.2, -0.15) is 8.78 Å². The van der Waals surface area contributed by atoms with Gasteiger partial charge in [0.05, 0.1) is 22.0 Å². The minimum Gasteiger partial charge on any atom is -0.406 e. The molecule has 1 heterocycles. The predicted octanol–water partition coefficient (Wildman–Crippen LogP) is 6.15. The summed E-state index contributed by atoms with van der Waals surface area (Å²) in [5, 5.41) is 1.15. The van der Waals surface area contributed by atoms with Crippen molar-refractivity contribution < 1.29 is 35.1 Å². The summed E-state index contributed by atoms with van der Waals surface area (Å²) < 4.78 is 96.2. The van der Waals surface area contributed by atoms with Gasteiger partial charge in [-0.1, -0.05) is 25.1 Å². The molecule has 0 radical (unpaired) electrons. The number of benzene rings is 3. The molecule has 0 saturated carbocycles. The van der Waals surface area contributed by atoms with Crippen LogP contribution in [0.3, 0.4) is 0 Å². The topological polar surface area (TPSA) is 116 Å². The molecule has 0 fully saturated rings. The summed E-state index contributed by atoms with van der Waals surface area (Å²) in [6.45, 7) is 2.48. The maximum atomic E-state index is 14.3. The number of sulfone groups is 1. The maximum Gasteiger partial charge on any atom is 0.573 e. The van der Waals surface area contributed by atoms with Crippen molar-refractivity contribution in [2.24, 2.45) is 11.6 Å². The van der Waals surface area contributed by atoms with Gasteiger partial charge in [0.15, 0.2) is 9.84 Å². The molecular weight excluding hydrogens is 593 g/mol. The van der Waals surface area contributed by atoms with Gasteiger partial charge >= 0.3 is 6.36 Å². The van der Waals surface area contributed by atoms with Crippen LogP contribution in [0.15, 0.2) is 84.0 Å². The molecule has 0 amide bonds. The van der Waals surface area contributed by atoms with Crippen molar-refractivity contribution >= 4 is 21.2 Å². The number of hydrazine groups is 1. The van der Waals surface area contributed by atoms with Crippen LogP contribution in [0.2, 0.25) is 0 Å². The number of imidazole rings is 1.